The van der Waals surface area contributed by atoms with Gasteiger partial charge in [0.1, 0.15) is 12.4 Å². The first-order valence-electron chi connectivity index (χ1n) is 7.29. The van der Waals surface area contributed by atoms with E-state index in [1.54, 1.807) is 12.1 Å². The molecular formula is C15H22Cl2N2O3. The van der Waals surface area contributed by atoms with Crippen LogP contribution in [0.4, 0.5) is 10.5 Å². The third-order valence-corrected chi connectivity index (χ3v) is 3.68. The van der Waals surface area contributed by atoms with Crippen molar-refractivity contribution in [2.24, 2.45) is 0 Å². The predicted octanol–water partition coefficient (Wildman–Crippen LogP) is 4.28. The summed E-state index contributed by atoms with van der Waals surface area (Å²) in [6.45, 7) is 9.31. The molecule has 0 saturated carbocycles. The molecule has 0 fully saturated rings. The maximum absolute atomic E-state index is 11.8. The van der Waals surface area contributed by atoms with Gasteiger partial charge in [0.15, 0.2) is 0 Å². The van der Waals surface area contributed by atoms with Crippen molar-refractivity contribution < 1.29 is 14.3 Å². The highest BCUT2D eigenvalue weighted by Crippen LogP contribution is 2.34. The Bertz CT molecular complexity index is 471. The van der Waals surface area contributed by atoms with Gasteiger partial charge in [-0.3, -0.25) is 5.32 Å². The smallest absolute Gasteiger partial charge is 0.411 e. The van der Waals surface area contributed by atoms with Gasteiger partial charge in [0.2, 0.25) is 0 Å². The molecule has 0 radical (unpaired) electrons. The van der Waals surface area contributed by atoms with Crippen LogP contribution in [0.2, 0.25) is 10.0 Å². The monoisotopic (exact) mass is 348 g/mol. The molecule has 22 heavy (non-hydrogen) atoms. The number of likely N-dealkylation sites (N-methyl/N-ethyl adjacent to an activating group) is 1. The zero-order valence-electron chi connectivity index (χ0n) is 13.1. The Morgan fingerprint density at radius 2 is 1.77 bits per heavy atom. The molecule has 0 aromatic heterocycles. The lowest BCUT2D eigenvalue weighted by molar-refractivity contribution is 0.142. The SMILES string of the molecule is CCOc1cc(Cl)c(NC(=O)OCCN(CC)CC)c(Cl)c1. The first-order chi connectivity index (χ1) is 10.5. The number of hydrogen-bond acceptors (Lipinski definition) is 4. The van der Waals surface area contributed by atoms with Crippen molar-refractivity contribution >= 4 is 35.0 Å². The molecule has 1 rings (SSSR count). The number of nitrogens with zero attached hydrogens (tertiary/aromatic N) is 1. The standard InChI is InChI=1S/C15H22Cl2N2O3/c1-4-19(5-2)7-8-22-15(20)18-14-12(16)9-11(21-6-3)10-13(14)17/h9-10H,4-8H2,1-3H3,(H,18,20). The van der Waals surface area contributed by atoms with Crippen molar-refractivity contribution in [2.75, 3.05) is 38.2 Å². The van der Waals surface area contributed by atoms with Gasteiger partial charge in [-0.2, -0.15) is 0 Å². The van der Waals surface area contributed by atoms with Crippen LogP contribution in [0.5, 0.6) is 5.75 Å². The number of nitrogens with one attached hydrogen (secondary N) is 1. The summed E-state index contributed by atoms with van der Waals surface area (Å²) in [6, 6.07) is 3.20. The number of ether oxygens (including phenoxy) is 2. The minimum absolute atomic E-state index is 0.302. The molecule has 0 aliphatic heterocycles. The second-order valence-electron chi connectivity index (χ2n) is 4.48. The molecule has 0 unspecified atom stereocenters. The predicted molar refractivity (Wildman–Crippen MR) is 90.4 cm³/mol. The highest BCUT2D eigenvalue weighted by molar-refractivity contribution is 6.39. The Morgan fingerprint density at radius 1 is 1.18 bits per heavy atom. The maximum atomic E-state index is 11.8. The van der Waals surface area contributed by atoms with Crippen molar-refractivity contribution in [1.82, 2.24) is 4.90 Å². The molecule has 0 saturated heterocycles. The van der Waals surface area contributed by atoms with Crippen LogP contribution < -0.4 is 10.1 Å². The third-order valence-electron chi connectivity index (χ3n) is 3.09. The lowest BCUT2D eigenvalue weighted by Crippen LogP contribution is -2.28. The summed E-state index contributed by atoms with van der Waals surface area (Å²) in [5.41, 5.74) is 0.319. The minimum Gasteiger partial charge on any atom is -0.494 e. The number of carbonyl (C=O) groups excluding carboxylic acids is 1. The molecule has 0 atom stereocenters. The molecule has 1 aromatic carbocycles. The number of benzene rings is 1. The highest BCUT2D eigenvalue weighted by Gasteiger charge is 2.13. The topological polar surface area (TPSA) is 50.8 Å². The number of halogens is 2. The summed E-state index contributed by atoms with van der Waals surface area (Å²) in [5.74, 6) is 0.554. The molecule has 5 nitrogen and oxygen atoms in total. The number of rotatable bonds is 8. The molecule has 1 amide bonds. The van der Waals surface area contributed by atoms with Gasteiger partial charge in [0.25, 0.3) is 0 Å². The van der Waals surface area contributed by atoms with Gasteiger partial charge < -0.3 is 14.4 Å². The van der Waals surface area contributed by atoms with Crippen LogP contribution in [-0.4, -0.2) is 43.8 Å². The highest BCUT2D eigenvalue weighted by atomic mass is 35.5. The molecule has 1 N–H and O–H groups in total. The fraction of sp³-hybridized carbons (Fsp3) is 0.533. The van der Waals surface area contributed by atoms with E-state index < -0.39 is 6.09 Å². The maximum Gasteiger partial charge on any atom is 0.411 e. The largest absolute Gasteiger partial charge is 0.494 e. The van der Waals surface area contributed by atoms with Crippen molar-refractivity contribution in [2.45, 2.75) is 20.8 Å². The molecule has 0 spiro atoms. The number of carbonyl (C=O) groups is 1. The van der Waals surface area contributed by atoms with Gasteiger partial charge >= 0.3 is 6.09 Å². The Kier molecular flexibility index (Phi) is 8.38. The van der Waals surface area contributed by atoms with Crippen LogP contribution in [0.25, 0.3) is 0 Å². The Morgan fingerprint density at radius 3 is 2.27 bits per heavy atom. The fourth-order valence-electron chi connectivity index (χ4n) is 1.86. The quantitative estimate of drug-likeness (QED) is 0.761. The number of hydrogen-bond donors (Lipinski definition) is 1. The molecule has 124 valence electrons. The van der Waals surface area contributed by atoms with Gasteiger partial charge in [-0.25, -0.2) is 4.79 Å². The summed E-state index contributed by atoms with van der Waals surface area (Å²) in [6.07, 6.45) is -0.583. The normalized spacial score (nSPS) is 10.6. The summed E-state index contributed by atoms with van der Waals surface area (Å²) < 4.78 is 10.5. The molecule has 7 heteroatoms. The van der Waals surface area contributed by atoms with E-state index in [-0.39, 0.29) is 0 Å². The molecule has 0 aliphatic rings. The van der Waals surface area contributed by atoms with Crippen LogP contribution in [0.3, 0.4) is 0 Å². The van der Waals surface area contributed by atoms with E-state index in [0.29, 0.717) is 41.2 Å². The zero-order valence-corrected chi connectivity index (χ0v) is 14.6. The molecule has 0 bridgehead atoms. The first kappa shape index (κ1) is 18.9. The van der Waals surface area contributed by atoms with Crippen LogP contribution in [0.15, 0.2) is 12.1 Å². The minimum atomic E-state index is -0.583. The van der Waals surface area contributed by atoms with Crippen molar-refractivity contribution in [3.63, 3.8) is 0 Å². The van der Waals surface area contributed by atoms with E-state index in [9.17, 15) is 4.79 Å². The average Bonchev–Trinajstić information content (AvgIpc) is 2.48. The van der Waals surface area contributed by atoms with Gasteiger partial charge in [-0.15, -0.1) is 0 Å². The van der Waals surface area contributed by atoms with E-state index >= 15 is 0 Å². The molecule has 1 aromatic rings. The average molecular weight is 349 g/mol. The van der Waals surface area contributed by atoms with Gasteiger partial charge in [0.05, 0.1) is 22.3 Å². The van der Waals surface area contributed by atoms with Crippen LogP contribution in [0, 0.1) is 0 Å². The van der Waals surface area contributed by atoms with E-state index in [1.165, 1.54) is 0 Å². The second kappa shape index (κ2) is 9.77. The van der Waals surface area contributed by atoms with Crippen LogP contribution >= 0.6 is 23.2 Å². The lowest BCUT2D eigenvalue weighted by Gasteiger charge is -2.18. The van der Waals surface area contributed by atoms with E-state index in [1.807, 2.05) is 6.92 Å². The van der Waals surface area contributed by atoms with Crippen LogP contribution in [0.1, 0.15) is 20.8 Å². The first-order valence-corrected chi connectivity index (χ1v) is 8.05. The Hall–Kier alpha value is -1.17. The molecular weight excluding hydrogens is 327 g/mol. The van der Waals surface area contributed by atoms with E-state index in [4.69, 9.17) is 32.7 Å². The van der Waals surface area contributed by atoms with Gasteiger partial charge in [-0.05, 0) is 20.0 Å². The third kappa shape index (κ3) is 5.91. The molecule has 0 aliphatic carbocycles. The van der Waals surface area contributed by atoms with Crippen molar-refractivity contribution in [3.8, 4) is 5.75 Å². The summed E-state index contributed by atoms with van der Waals surface area (Å²) in [7, 11) is 0. The van der Waals surface area contributed by atoms with Crippen molar-refractivity contribution in [1.29, 1.82) is 0 Å². The lowest BCUT2D eigenvalue weighted by atomic mass is 10.3. The molecule has 0 heterocycles. The Labute approximate surface area is 141 Å². The summed E-state index contributed by atoms with van der Waals surface area (Å²) >= 11 is 12.2. The zero-order chi connectivity index (χ0) is 16.5. The summed E-state index contributed by atoms with van der Waals surface area (Å²) in [4.78, 5) is 13.9. The summed E-state index contributed by atoms with van der Waals surface area (Å²) in [5, 5.41) is 3.16. The Balaban J connectivity index is 2.57. The van der Waals surface area contributed by atoms with E-state index in [2.05, 4.69) is 24.1 Å². The van der Waals surface area contributed by atoms with Crippen LogP contribution in [-0.2, 0) is 4.74 Å². The van der Waals surface area contributed by atoms with E-state index in [0.717, 1.165) is 13.1 Å². The van der Waals surface area contributed by atoms with Crippen molar-refractivity contribution in [3.05, 3.63) is 22.2 Å². The fourth-order valence-corrected chi connectivity index (χ4v) is 2.43. The van der Waals surface area contributed by atoms with Gasteiger partial charge in [0, 0.05) is 18.7 Å². The second-order valence-corrected chi connectivity index (χ2v) is 5.30. The number of amides is 1. The number of anilines is 1. The van der Waals surface area contributed by atoms with Gasteiger partial charge in [-0.1, -0.05) is 37.0 Å².